The SMILES string of the molecule is Cc1ccc(S(=O)(=O)OCC#Cc2cn[nH]c2)cc1. The highest BCUT2D eigenvalue weighted by atomic mass is 32.2. The van der Waals surface area contributed by atoms with E-state index in [1.165, 1.54) is 12.1 Å². The Morgan fingerprint density at radius 1 is 1.32 bits per heavy atom. The number of aromatic nitrogens is 2. The number of H-pyrrole nitrogens is 1. The summed E-state index contributed by atoms with van der Waals surface area (Å²) in [6.07, 6.45) is 3.16. The molecular formula is C13H12N2O3S. The van der Waals surface area contributed by atoms with Gasteiger partial charge in [0.1, 0.15) is 6.61 Å². The molecule has 1 aromatic heterocycles. The van der Waals surface area contributed by atoms with Crippen LogP contribution in [0.15, 0.2) is 41.6 Å². The lowest BCUT2D eigenvalue weighted by atomic mass is 10.2. The summed E-state index contributed by atoms with van der Waals surface area (Å²) in [5, 5.41) is 6.33. The van der Waals surface area contributed by atoms with Gasteiger partial charge in [-0.3, -0.25) is 9.28 Å². The van der Waals surface area contributed by atoms with Crippen molar-refractivity contribution in [2.45, 2.75) is 11.8 Å². The zero-order chi connectivity index (χ0) is 13.7. The molecule has 0 spiro atoms. The Labute approximate surface area is 111 Å². The van der Waals surface area contributed by atoms with Crippen molar-refractivity contribution in [3.05, 3.63) is 47.8 Å². The Bertz CT molecular complexity index is 693. The lowest BCUT2D eigenvalue weighted by Gasteiger charge is -2.02. The molecule has 1 aromatic carbocycles. The summed E-state index contributed by atoms with van der Waals surface area (Å²) in [5.41, 5.74) is 1.66. The summed E-state index contributed by atoms with van der Waals surface area (Å²) in [6.45, 7) is 1.69. The van der Waals surface area contributed by atoms with Crippen LogP contribution >= 0.6 is 0 Å². The van der Waals surface area contributed by atoms with Crippen molar-refractivity contribution in [3.63, 3.8) is 0 Å². The Kier molecular flexibility index (Phi) is 4.00. The third-order valence-corrected chi connectivity index (χ3v) is 3.60. The molecule has 2 rings (SSSR count). The first-order valence-electron chi connectivity index (χ1n) is 5.52. The van der Waals surface area contributed by atoms with E-state index in [9.17, 15) is 8.42 Å². The second-order valence-electron chi connectivity index (χ2n) is 3.82. The lowest BCUT2D eigenvalue weighted by molar-refractivity contribution is 0.363. The number of hydrogen-bond donors (Lipinski definition) is 1. The predicted molar refractivity (Wildman–Crippen MR) is 69.8 cm³/mol. The van der Waals surface area contributed by atoms with E-state index in [1.807, 2.05) is 6.92 Å². The molecule has 6 heteroatoms. The van der Waals surface area contributed by atoms with E-state index in [-0.39, 0.29) is 11.5 Å². The topological polar surface area (TPSA) is 72.1 Å². The van der Waals surface area contributed by atoms with Gasteiger partial charge in [0.2, 0.25) is 0 Å². The predicted octanol–water partition coefficient (Wildman–Crippen LogP) is 1.48. The molecule has 98 valence electrons. The molecule has 1 heterocycles. The quantitative estimate of drug-likeness (QED) is 0.680. The third kappa shape index (κ3) is 3.68. The van der Waals surface area contributed by atoms with E-state index in [1.54, 1.807) is 24.5 Å². The Morgan fingerprint density at radius 2 is 2.05 bits per heavy atom. The minimum Gasteiger partial charge on any atom is -0.284 e. The first-order valence-corrected chi connectivity index (χ1v) is 6.92. The molecule has 0 aliphatic heterocycles. The molecule has 0 amide bonds. The highest BCUT2D eigenvalue weighted by molar-refractivity contribution is 7.86. The van der Waals surface area contributed by atoms with Crippen molar-refractivity contribution in [1.29, 1.82) is 0 Å². The number of hydrogen-bond acceptors (Lipinski definition) is 4. The van der Waals surface area contributed by atoms with Crippen molar-refractivity contribution in [1.82, 2.24) is 10.2 Å². The van der Waals surface area contributed by atoms with Crippen LogP contribution in [0.2, 0.25) is 0 Å². The van der Waals surface area contributed by atoms with Gasteiger partial charge in [-0.05, 0) is 19.1 Å². The fourth-order valence-electron chi connectivity index (χ4n) is 1.34. The van der Waals surface area contributed by atoms with Crippen molar-refractivity contribution in [3.8, 4) is 11.8 Å². The Hall–Kier alpha value is -2.10. The van der Waals surface area contributed by atoms with Crippen LogP contribution in [0.5, 0.6) is 0 Å². The van der Waals surface area contributed by atoms with E-state index >= 15 is 0 Å². The van der Waals surface area contributed by atoms with Crippen molar-refractivity contribution < 1.29 is 12.6 Å². The van der Waals surface area contributed by atoms with Crippen LogP contribution in [0.25, 0.3) is 0 Å². The molecule has 0 atom stereocenters. The van der Waals surface area contributed by atoms with Gasteiger partial charge in [-0.25, -0.2) is 0 Å². The minimum atomic E-state index is -3.74. The molecule has 0 fully saturated rings. The van der Waals surface area contributed by atoms with E-state index in [0.717, 1.165) is 5.56 Å². The van der Waals surface area contributed by atoms with Crippen LogP contribution in [0.3, 0.4) is 0 Å². The summed E-state index contributed by atoms with van der Waals surface area (Å²) in [7, 11) is -3.74. The Balaban J connectivity index is 2.00. The molecular weight excluding hydrogens is 264 g/mol. The molecule has 0 radical (unpaired) electrons. The summed E-state index contributed by atoms with van der Waals surface area (Å²) in [5.74, 6) is 5.34. The van der Waals surface area contributed by atoms with Crippen LogP contribution < -0.4 is 0 Å². The maximum absolute atomic E-state index is 11.8. The lowest BCUT2D eigenvalue weighted by Crippen LogP contribution is -2.06. The highest BCUT2D eigenvalue weighted by Gasteiger charge is 2.13. The van der Waals surface area contributed by atoms with Gasteiger partial charge in [-0.1, -0.05) is 29.5 Å². The molecule has 1 N–H and O–H groups in total. The van der Waals surface area contributed by atoms with Gasteiger partial charge in [-0.15, -0.1) is 0 Å². The number of benzene rings is 1. The van der Waals surface area contributed by atoms with Gasteiger partial charge >= 0.3 is 0 Å². The average molecular weight is 276 g/mol. The maximum Gasteiger partial charge on any atom is 0.297 e. The Morgan fingerprint density at radius 3 is 2.68 bits per heavy atom. The number of rotatable bonds is 3. The minimum absolute atomic E-state index is 0.128. The first-order chi connectivity index (χ1) is 9.08. The van der Waals surface area contributed by atoms with Crippen LogP contribution in [-0.2, 0) is 14.3 Å². The fourth-order valence-corrected chi connectivity index (χ4v) is 2.16. The van der Waals surface area contributed by atoms with Gasteiger partial charge in [-0.2, -0.15) is 13.5 Å². The molecule has 0 unspecified atom stereocenters. The fraction of sp³-hybridized carbons (Fsp3) is 0.154. The summed E-state index contributed by atoms with van der Waals surface area (Å²) in [4.78, 5) is 0.128. The molecule has 2 aromatic rings. The molecule has 0 aliphatic rings. The van der Waals surface area contributed by atoms with Gasteiger partial charge in [0.05, 0.1) is 16.7 Å². The molecule has 0 saturated heterocycles. The van der Waals surface area contributed by atoms with Crippen molar-refractivity contribution in [2.24, 2.45) is 0 Å². The van der Waals surface area contributed by atoms with E-state index < -0.39 is 10.1 Å². The standard InChI is InChI=1S/C13H12N2O3S/c1-11-4-6-13(7-5-11)19(16,17)18-8-2-3-12-9-14-15-10-12/h4-7,9-10H,8H2,1H3,(H,14,15). The van der Waals surface area contributed by atoms with E-state index in [2.05, 4.69) is 22.0 Å². The summed E-state index contributed by atoms with van der Waals surface area (Å²) < 4.78 is 28.4. The molecule has 0 saturated carbocycles. The van der Waals surface area contributed by atoms with Gasteiger partial charge < -0.3 is 0 Å². The van der Waals surface area contributed by atoms with Gasteiger partial charge in [0.25, 0.3) is 10.1 Å². The van der Waals surface area contributed by atoms with Crippen LogP contribution in [0.4, 0.5) is 0 Å². The normalized spacial score (nSPS) is 10.8. The third-order valence-electron chi connectivity index (χ3n) is 2.33. The van der Waals surface area contributed by atoms with Crippen LogP contribution in [0, 0.1) is 18.8 Å². The molecule has 19 heavy (non-hydrogen) atoms. The number of nitrogens with zero attached hydrogens (tertiary/aromatic N) is 1. The second-order valence-corrected chi connectivity index (χ2v) is 5.43. The number of nitrogens with one attached hydrogen (secondary N) is 1. The smallest absolute Gasteiger partial charge is 0.284 e. The zero-order valence-corrected chi connectivity index (χ0v) is 11.1. The van der Waals surface area contributed by atoms with Gasteiger partial charge in [0.15, 0.2) is 0 Å². The van der Waals surface area contributed by atoms with Crippen molar-refractivity contribution in [2.75, 3.05) is 6.61 Å². The van der Waals surface area contributed by atoms with E-state index in [0.29, 0.717) is 5.56 Å². The highest BCUT2D eigenvalue weighted by Crippen LogP contribution is 2.12. The summed E-state index contributed by atoms with van der Waals surface area (Å²) >= 11 is 0. The van der Waals surface area contributed by atoms with Crippen LogP contribution in [0.1, 0.15) is 11.1 Å². The van der Waals surface area contributed by atoms with Crippen molar-refractivity contribution >= 4 is 10.1 Å². The van der Waals surface area contributed by atoms with Gasteiger partial charge in [0, 0.05) is 6.20 Å². The molecule has 5 nitrogen and oxygen atoms in total. The van der Waals surface area contributed by atoms with E-state index in [4.69, 9.17) is 4.18 Å². The largest absolute Gasteiger partial charge is 0.297 e. The molecule has 0 bridgehead atoms. The zero-order valence-electron chi connectivity index (χ0n) is 10.3. The number of aromatic amines is 1. The summed E-state index contributed by atoms with van der Waals surface area (Å²) in [6, 6.07) is 6.45. The first kappa shape index (κ1) is 13.3. The average Bonchev–Trinajstić information content (AvgIpc) is 2.88. The number of aryl methyl sites for hydroxylation is 1. The monoisotopic (exact) mass is 276 g/mol. The maximum atomic E-state index is 11.8. The van der Waals surface area contributed by atoms with Crippen LogP contribution in [-0.4, -0.2) is 25.2 Å². The molecule has 0 aliphatic carbocycles. The second kappa shape index (κ2) is 5.69.